The number of ether oxygens (including phenoxy) is 1. The highest BCUT2D eigenvalue weighted by atomic mass is 79.9. The monoisotopic (exact) mass is 416 g/mol. The third kappa shape index (κ3) is 5.77. The molecule has 1 saturated heterocycles. The molecule has 0 spiro atoms. The molecule has 0 aromatic heterocycles. The fourth-order valence-corrected chi connectivity index (χ4v) is 3.35. The van der Waals surface area contributed by atoms with E-state index in [9.17, 15) is 4.79 Å². The lowest BCUT2D eigenvalue weighted by Crippen LogP contribution is -2.29. The lowest BCUT2D eigenvalue weighted by molar-refractivity contribution is -0.116. The van der Waals surface area contributed by atoms with Gasteiger partial charge >= 0.3 is 0 Å². The third-order valence-electron chi connectivity index (χ3n) is 4.50. The number of benzene rings is 2. The Bertz CT molecular complexity index is 695. The van der Waals surface area contributed by atoms with Gasteiger partial charge in [-0.3, -0.25) is 4.79 Å². The van der Waals surface area contributed by atoms with Crippen LogP contribution in [-0.4, -0.2) is 25.6 Å². The second-order valence-electron chi connectivity index (χ2n) is 6.55. The molecule has 2 aromatic carbocycles. The molecule has 0 bridgehead atoms. The van der Waals surface area contributed by atoms with Gasteiger partial charge in [-0.2, -0.15) is 0 Å². The molecule has 1 amide bonds. The predicted octanol–water partition coefficient (Wildman–Crippen LogP) is 5.24. The number of nitrogens with zero attached hydrogens (tertiary/aromatic N) is 1. The standard InChI is InChI=1S/C21H25BrN2O2/c22-17-6-12-20(13-7-17)26-16-4-5-21(25)23-18-8-10-19(11-9-18)24-14-2-1-3-15-24/h6-13H,1-5,14-16H2,(H,23,25). The van der Waals surface area contributed by atoms with Crippen molar-refractivity contribution in [3.8, 4) is 5.75 Å². The van der Waals surface area contributed by atoms with Crippen molar-refractivity contribution in [1.29, 1.82) is 0 Å². The number of piperidine rings is 1. The Labute approximate surface area is 163 Å². The summed E-state index contributed by atoms with van der Waals surface area (Å²) in [7, 11) is 0. The Hall–Kier alpha value is -2.01. The number of hydrogen-bond acceptors (Lipinski definition) is 3. The molecule has 5 heteroatoms. The highest BCUT2D eigenvalue weighted by molar-refractivity contribution is 9.10. The molecule has 138 valence electrons. The van der Waals surface area contributed by atoms with Crippen LogP contribution in [0.25, 0.3) is 0 Å². The van der Waals surface area contributed by atoms with Gasteiger partial charge in [0.1, 0.15) is 5.75 Å². The highest BCUT2D eigenvalue weighted by Crippen LogP contribution is 2.22. The molecule has 4 nitrogen and oxygen atoms in total. The first-order valence-corrected chi connectivity index (χ1v) is 10.0. The van der Waals surface area contributed by atoms with Crippen LogP contribution >= 0.6 is 15.9 Å². The average molecular weight is 417 g/mol. The highest BCUT2D eigenvalue weighted by Gasteiger charge is 2.11. The minimum absolute atomic E-state index is 0.0233. The first kappa shape index (κ1) is 18.8. The number of hydrogen-bond donors (Lipinski definition) is 1. The van der Waals surface area contributed by atoms with Crippen LogP contribution in [0.1, 0.15) is 32.1 Å². The molecule has 2 aromatic rings. The number of rotatable bonds is 7. The van der Waals surface area contributed by atoms with Gasteiger partial charge in [-0.05, 0) is 74.2 Å². The zero-order chi connectivity index (χ0) is 18.2. The van der Waals surface area contributed by atoms with E-state index in [1.165, 1.54) is 24.9 Å². The Morgan fingerprint density at radius 1 is 1.00 bits per heavy atom. The quantitative estimate of drug-likeness (QED) is 0.627. The van der Waals surface area contributed by atoms with E-state index >= 15 is 0 Å². The molecule has 0 aliphatic carbocycles. The summed E-state index contributed by atoms with van der Waals surface area (Å²) in [5.74, 6) is 0.844. The van der Waals surface area contributed by atoms with Crippen LogP contribution < -0.4 is 15.0 Å². The third-order valence-corrected chi connectivity index (χ3v) is 5.03. The smallest absolute Gasteiger partial charge is 0.224 e. The summed E-state index contributed by atoms with van der Waals surface area (Å²) in [5, 5.41) is 2.96. The summed E-state index contributed by atoms with van der Waals surface area (Å²) in [6, 6.07) is 15.9. The lowest BCUT2D eigenvalue weighted by Gasteiger charge is -2.28. The molecule has 26 heavy (non-hydrogen) atoms. The van der Waals surface area contributed by atoms with Crippen molar-refractivity contribution in [2.24, 2.45) is 0 Å². The molecule has 0 saturated carbocycles. The molecular weight excluding hydrogens is 392 g/mol. The maximum absolute atomic E-state index is 12.1. The Kier molecular flexibility index (Phi) is 6.95. The number of carbonyl (C=O) groups is 1. The average Bonchev–Trinajstić information content (AvgIpc) is 2.68. The molecular formula is C21H25BrN2O2. The van der Waals surface area contributed by atoms with Crippen molar-refractivity contribution in [1.82, 2.24) is 0 Å². The largest absolute Gasteiger partial charge is 0.494 e. The van der Waals surface area contributed by atoms with E-state index < -0.39 is 0 Å². The second-order valence-corrected chi connectivity index (χ2v) is 7.46. The minimum Gasteiger partial charge on any atom is -0.494 e. The lowest BCUT2D eigenvalue weighted by atomic mass is 10.1. The number of halogens is 1. The van der Waals surface area contributed by atoms with E-state index in [1.54, 1.807) is 0 Å². The van der Waals surface area contributed by atoms with Gasteiger partial charge in [0.2, 0.25) is 5.91 Å². The van der Waals surface area contributed by atoms with Crippen molar-refractivity contribution in [3.05, 3.63) is 53.0 Å². The fraction of sp³-hybridized carbons (Fsp3) is 0.381. The summed E-state index contributed by atoms with van der Waals surface area (Å²) in [4.78, 5) is 14.5. The summed E-state index contributed by atoms with van der Waals surface area (Å²) < 4.78 is 6.66. The molecule has 0 radical (unpaired) electrons. The number of anilines is 2. The van der Waals surface area contributed by atoms with Crippen LogP contribution in [0, 0.1) is 0 Å². The SMILES string of the molecule is O=C(CCCOc1ccc(Br)cc1)Nc1ccc(N2CCCCC2)cc1. The van der Waals surface area contributed by atoms with E-state index in [4.69, 9.17) is 4.74 Å². The topological polar surface area (TPSA) is 41.6 Å². The summed E-state index contributed by atoms with van der Waals surface area (Å²) in [6.07, 6.45) is 5.00. The van der Waals surface area contributed by atoms with Gasteiger partial charge in [0.15, 0.2) is 0 Å². The van der Waals surface area contributed by atoms with E-state index in [0.29, 0.717) is 19.4 Å². The maximum atomic E-state index is 12.1. The van der Waals surface area contributed by atoms with Gasteiger partial charge in [-0.1, -0.05) is 15.9 Å². The van der Waals surface area contributed by atoms with Gasteiger partial charge in [0, 0.05) is 35.4 Å². The van der Waals surface area contributed by atoms with Gasteiger partial charge in [0.05, 0.1) is 6.61 Å². The van der Waals surface area contributed by atoms with Crippen LogP contribution in [0.2, 0.25) is 0 Å². The van der Waals surface area contributed by atoms with Gasteiger partial charge in [0.25, 0.3) is 0 Å². The first-order chi connectivity index (χ1) is 12.7. The normalized spacial score (nSPS) is 14.1. The van der Waals surface area contributed by atoms with Crippen LogP contribution in [0.15, 0.2) is 53.0 Å². The number of carbonyl (C=O) groups excluding carboxylic acids is 1. The fourth-order valence-electron chi connectivity index (χ4n) is 3.08. The molecule has 3 rings (SSSR count). The van der Waals surface area contributed by atoms with Crippen LogP contribution in [0.4, 0.5) is 11.4 Å². The Balaban J connectivity index is 1.38. The predicted molar refractivity (Wildman–Crippen MR) is 110 cm³/mol. The zero-order valence-corrected chi connectivity index (χ0v) is 16.5. The second kappa shape index (κ2) is 9.62. The van der Waals surface area contributed by atoms with E-state index in [0.717, 1.165) is 29.0 Å². The molecule has 1 aliphatic heterocycles. The van der Waals surface area contributed by atoms with Gasteiger partial charge < -0.3 is 15.0 Å². The molecule has 1 fully saturated rings. The first-order valence-electron chi connectivity index (χ1n) is 9.24. The van der Waals surface area contributed by atoms with Crippen LogP contribution in [0.3, 0.4) is 0 Å². The van der Waals surface area contributed by atoms with Crippen molar-refractivity contribution in [3.63, 3.8) is 0 Å². The molecule has 0 unspecified atom stereocenters. The van der Waals surface area contributed by atoms with Crippen LogP contribution in [0.5, 0.6) is 5.75 Å². The zero-order valence-electron chi connectivity index (χ0n) is 14.9. The number of amides is 1. The van der Waals surface area contributed by atoms with Crippen molar-refractivity contribution < 1.29 is 9.53 Å². The molecule has 0 atom stereocenters. The molecule has 1 N–H and O–H groups in total. The van der Waals surface area contributed by atoms with Gasteiger partial charge in [-0.15, -0.1) is 0 Å². The summed E-state index contributed by atoms with van der Waals surface area (Å²) in [6.45, 7) is 2.79. The summed E-state index contributed by atoms with van der Waals surface area (Å²) >= 11 is 3.39. The van der Waals surface area contributed by atoms with Crippen molar-refractivity contribution in [2.45, 2.75) is 32.1 Å². The molecule has 1 aliphatic rings. The van der Waals surface area contributed by atoms with E-state index in [-0.39, 0.29) is 5.91 Å². The van der Waals surface area contributed by atoms with Gasteiger partial charge in [-0.25, -0.2) is 0 Å². The summed E-state index contributed by atoms with van der Waals surface area (Å²) in [5.41, 5.74) is 2.09. The Morgan fingerprint density at radius 3 is 2.38 bits per heavy atom. The minimum atomic E-state index is 0.0233. The number of nitrogens with one attached hydrogen (secondary N) is 1. The van der Waals surface area contributed by atoms with E-state index in [2.05, 4.69) is 38.3 Å². The Morgan fingerprint density at radius 2 is 1.69 bits per heavy atom. The van der Waals surface area contributed by atoms with Crippen molar-refractivity contribution in [2.75, 3.05) is 29.9 Å². The van der Waals surface area contributed by atoms with Crippen molar-refractivity contribution >= 4 is 33.2 Å². The van der Waals surface area contributed by atoms with Crippen LogP contribution in [-0.2, 0) is 4.79 Å². The van der Waals surface area contributed by atoms with E-state index in [1.807, 2.05) is 36.4 Å². The molecule has 1 heterocycles. The maximum Gasteiger partial charge on any atom is 0.224 e.